The van der Waals surface area contributed by atoms with Gasteiger partial charge in [0.1, 0.15) is 11.9 Å². The summed E-state index contributed by atoms with van der Waals surface area (Å²) in [6.45, 7) is -0.225. The number of aromatic nitrogens is 3. The summed E-state index contributed by atoms with van der Waals surface area (Å²) in [4.78, 5) is 16.6. The molecule has 4 aromatic rings. The fourth-order valence-electron chi connectivity index (χ4n) is 3.25. The van der Waals surface area contributed by atoms with Crippen molar-refractivity contribution in [3.05, 3.63) is 88.3 Å². The van der Waals surface area contributed by atoms with Gasteiger partial charge in [0.25, 0.3) is 11.4 Å². The van der Waals surface area contributed by atoms with Crippen molar-refractivity contribution in [2.45, 2.75) is 19.0 Å². The Morgan fingerprint density at radius 2 is 1.79 bits per heavy atom. The van der Waals surface area contributed by atoms with Gasteiger partial charge in [0.2, 0.25) is 5.82 Å². The van der Waals surface area contributed by atoms with Gasteiger partial charge in [-0.15, -0.1) is 13.2 Å². The van der Waals surface area contributed by atoms with Gasteiger partial charge in [-0.2, -0.15) is 4.98 Å². The van der Waals surface area contributed by atoms with Crippen LogP contribution in [0.4, 0.5) is 13.2 Å². The summed E-state index contributed by atoms with van der Waals surface area (Å²) in [5.41, 5.74) is 1.85. The monoisotopic (exact) mass is 473 g/mol. The molecule has 0 aliphatic carbocycles. The van der Waals surface area contributed by atoms with Gasteiger partial charge in [-0.3, -0.25) is 4.79 Å². The molecule has 2 aromatic heterocycles. The van der Waals surface area contributed by atoms with Gasteiger partial charge in [0.05, 0.1) is 18.7 Å². The average molecular weight is 473 g/mol. The van der Waals surface area contributed by atoms with Crippen molar-refractivity contribution in [2.75, 3.05) is 6.61 Å². The van der Waals surface area contributed by atoms with Crippen LogP contribution in [0.25, 0.3) is 22.8 Å². The third kappa shape index (κ3) is 5.50. The number of rotatable bonds is 7. The van der Waals surface area contributed by atoms with Crippen molar-refractivity contribution >= 4 is 0 Å². The molecule has 176 valence electrons. The molecular weight excluding hydrogens is 455 g/mol. The second-order valence-corrected chi connectivity index (χ2v) is 7.32. The van der Waals surface area contributed by atoms with E-state index in [0.29, 0.717) is 16.7 Å². The zero-order chi connectivity index (χ0) is 24.3. The summed E-state index contributed by atoms with van der Waals surface area (Å²) >= 11 is 0. The highest BCUT2D eigenvalue weighted by molar-refractivity contribution is 5.60. The molecular formula is C23H18F3N3O5. The Labute approximate surface area is 190 Å². The van der Waals surface area contributed by atoms with E-state index in [9.17, 15) is 23.1 Å². The normalized spacial score (nSPS) is 12.5. The van der Waals surface area contributed by atoms with Crippen LogP contribution in [0.2, 0.25) is 0 Å². The van der Waals surface area contributed by atoms with Crippen LogP contribution < -0.4 is 10.3 Å². The van der Waals surface area contributed by atoms with E-state index in [1.807, 2.05) is 0 Å². The fourth-order valence-corrected chi connectivity index (χ4v) is 3.25. The summed E-state index contributed by atoms with van der Waals surface area (Å²) in [5, 5.41) is 22.8. The predicted octanol–water partition coefficient (Wildman–Crippen LogP) is 3.54. The van der Waals surface area contributed by atoms with Crippen LogP contribution in [0.15, 0.2) is 76.2 Å². The third-order valence-corrected chi connectivity index (χ3v) is 4.86. The van der Waals surface area contributed by atoms with Crippen LogP contribution in [0.3, 0.4) is 0 Å². The molecule has 2 N–H and O–H groups in total. The Morgan fingerprint density at radius 1 is 1.06 bits per heavy atom. The first-order valence-electron chi connectivity index (χ1n) is 10.0. The number of aliphatic hydroxyl groups is 2. The molecule has 4 rings (SSSR count). The second kappa shape index (κ2) is 9.49. The third-order valence-electron chi connectivity index (χ3n) is 4.86. The van der Waals surface area contributed by atoms with Crippen molar-refractivity contribution < 1.29 is 32.6 Å². The number of alkyl halides is 3. The fraction of sp³-hybridized carbons (Fsp3) is 0.174. The summed E-state index contributed by atoms with van der Waals surface area (Å²) in [5.74, 6) is -0.108. The molecule has 0 aliphatic heterocycles. The Morgan fingerprint density at radius 3 is 2.50 bits per heavy atom. The quantitative estimate of drug-likeness (QED) is 0.422. The van der Waals surface area contributed by atoms with Gasteiger partial charge in [0.15, 0.2) is 0 Å². The molecule has 0 unspecified atom stereocenters. The van der Waals surface area contributed by atoms with Crippen molar-refractivity contribution in [3.8, 4) is 28.6 Å². The van der Waals surface area contributed by atoms with Crippen molar-refractivity contribution in [1.29, 1.82) is 0 Å². The SMILES string of the molecule is O=c1ccc(-c2nc(-c3ccc(OC(F)(F)F)cc3)no2)cn1Cc1cccc([C@H](O)CO)c1. The highest BCUT2D eigenvalue weighted by Crippen LogP contribution is 2.27. The van der Waals surface area contributed by atoms with Crippen molar-refractivity contribution in [1.82, 2.24) is 14.7 Å². The van der Waals surface area contributed by atoms with Crippen LogP contribution in [0.1, 0.15) is 17.2 Å². The van der Waals surface area contributed by atoms with Crippen LogP contribution >= 0.6 is 0 Å². The molecule has 11 heteroatoms. The van der Waals surface area contributed by atoms with Gasteiger partial charge < -0.3 is 24.0 Å². The van der Waals surface area contributed by atoms with E-state index in [-0.39, 0.29) is 29.6 Å². The van der Waals surface area contributed by atoms with Crippen molar-refractivity contribution in [3.63, 3.8) is 0 Å². The number of aliphatic hydroxyl groups excluding tert-OH is 2. The maximum Gasteiger partial charge on any atom is 0.573 e. The number of hydrogen-bond acceptors (Lipinski definition) is 7. The van der Waals surface area contributed by atoms with Gasteiger partial charge in [0, 0.05) is 17.8 Å². The summed E-state index contributed by atoms with van der Waals surface area (Å²) in [6.07, 6.45) is -4.27. The molecule has 0 radical (unpaired) electrons. The van der Waals surface area contributed by atoms with Gasteiger partial charge in [-0.1, -0.05) is 29.4 Å². The van der Waals surface area contributed by atoms with E-state index >= 15 is 0 Å². The summed E-state index contributed by atoms with van der Waals surface area (Å²) in [7, 11) is 0. The van der Waals surface area contributed by atoms with Crippen LogP contribution in [-0.2, 0) is 6.54 Å². The first-order valence-corrected chi connectivity index (χ1v) is 10.0. The summed E-state index contributed by atoms with van der Waals surface area (Å²) in [6, 6.07) is 14.7. The smallest absolute Gasteiger partial charge is 0.406 e. The van der Waals surface area contributed by atoms with E-state index in [1.54, 1.807) is 24.3 Å². The standard InChI is InChI=1S/C23H18F3N3O5/c24-23(25,26)33-18-7-4-15(5-8-18)21-27-22(34-28-21)17-6-9-20(32)29(12-17)11-14-2-1-3-16(10-14)19(31)13-30/h1-10,12,19,30-31H,11,13H2/t19-/m1/s1. The molecule has 2 aromatic carbocycles. The lowest BCUT2D eigenvalue weighted by molar-refractivity contribution is -0.274. The zero-order valence-electron chi connectivity index (χ0n) is 17.4. The molecule has 0 bridgehead atoms. The Kier molecular flexibility index (Phi) is 6.48. The molecule has 0 spiro atoms. The predicted molar refractivity (Wildman–Crippen MR) is 114 cm³/mol. The highest BCUT2D eigenvalue weighted by atomic mass is 19.4. The Bertz CT molecular complexity index is 1330. The molecule has 0 aliphatic rings. The molecule has 2 heterocycles. The van der Waals surface area contributed by atoms with Gasteiger partial charge in [-0.25, -0.2) is 0 Å². The van der Waals surface area contributed by atoms with E-state index in [0.717, 1.165) is 17.7 Å². The van der Waals surface area contributed by atoms with Crippen LogP contribution in [0, 0.1) is 0 Å². The van der Waals surface area contributed by atoms with Gasteiger partial charge >= 0.3 is 6.36 Å². The molecule has 0 saturated carbocycles. The number of halogens is 3. The largest absolute Gasteiger partial charge is 0.573 e. The Hall–Kier alpha value is -3.96. The zero-order valence-corrected chi connectivity index (χ0v) is 17.4. The van der Waals surface area contributed by atoms with Gasteiger partial charge in [-0.05, 0) is 41.5 Å². The number of nitrogens with zero attached hydrogens (tertiary/aromatic N) is 3. The molecule has 34 heavy (non-hydrogen) atoms. The van der Waals surface area contributed by atoms with Crippen LogP contribution in [-0.4, -0.2) is 37.9 Å². The number of pyridine rings is 1. The van der Waals surface area contributed by atoms with Crippen molar-refractivity contribution in [2.24, 2.45) is 0 Å². The maximum absolute atomic E-state index is 12.4. The highest BCUT2D eigenvalue weighted by Gasteiger charge is 2.31. The minimum atomic E-state index is -4.79. The molecule has 0 fully saturated rings. The minimum Gasteiger partial charge on any atom is -0.406 e. The van der Waals surface area contributed by atoms with E-state index in [1.165, 1.54) is 35.0 Å². The lowest BCUT2D eigenvalue weighted by atomic mass is 10.1. The average Bonchev–Trinajstić information content (AvgIpc) is 3.30. The maximum atomic E-state index is 12.4. The van der Waals surface area contributed by atoms with Crippen LogP contribution in [0.5, 0.6) is 5.75 Å². The minimum absolute atomic E-state index is 0.115. The number of ether oxygens (including phenoxy) is 1. The topological polar surface area (TPSA) is 111 Å². The van der Waals surface area contributed by atoms with E-state index < -0.39 is 19.1 Å². The lowest BCUT2D eigenvalue weighted by Crippen LogP contribution is -2.19. The van der Waals surface area contributed by atoms with E-state index in [4.69, 9.17) is 9.63 Å². The number of hydrogen-bond donors (Lipinski definition) is 2. The molecule has 8 nitrogen and oxygen atoms in total. The van der Waals surface area contributed by atoms with E-state index in [2.05, 4.69) is 14.9 Å². The lowest BCUT2D eigenvalue weighted by Gasteiger charge is -2.11. The molecule has 0 amide bonds. The Balaban J connectivity index is 1.55. The number of benzene rings is 2. The first kappa shape index (κ1) is 23.2. The second-order valence-electron chi connectivity index (χ2n) is 7.32. The first-order chi connectivity index (χ1) is 16.2. The molecule has 0 saturated heterocycles. The molecule has 1 atom stereocenters. The summed E-state index contributed by atoms with van der Waals surface area (Å²) < 4.78 is 47.5.